The fraction of sp³-hybridized carbons (Fsp3) is 0.519. The highest BCUT2D eigenvalue weighted by molar-refractivity contribution is 6.30. The van der Waals surface area contributed by atoms with Crippen molar-refractivity contribution in [3.63, 3.8) is 0 Å². The Balaban J connectivity index is 0.00000164. The molecule has 5 rings (SSSR count). The van der Waals surface area contributed by atoms with Crippen LogP contribution in [0, 0.1) is 6.92 Å². The quantitative estimate of drug-likeness (QED) is 0.505. The van der Waals surface area contributed by atoms with Gasteiger partial charge >= 0.3 is 6.01 Å². The van der Waals surface area contributed by atoms with Gasteiger partial charge in [-0.25, -0.2) is 9.97 Å². The summed E-state index contributed by atoms with van der Waals surface area (Å²) in [6.07, 6.45) is 4.68. The fourth-order valence-electron chi connectivity index (χ4n) is 5.31. The number of hydrogen-bond acceptors (Lipinski definition) is 9. The Morgan fingerprint density at radius 1 is 1.11 bits per heavy atom. The Hall–Kier alpha value is -3.24. The Kier molecular flexibility index (Phi) is 9.17. The van der Waals surface area contributed by atoms with Crippen LogP contribution >= 0.6 is 11.6 Å². The van der Waals surface area contributed by atoms with E-state index < -0.39 is 0 Å². The van der Waals surface area contributed by atoms with Crippen LogP contribution in [0.2, 0.25) is 5.02 Å². The van der Waals surface area contributed by atoms with E-state index in [1.807, 2.05) is 25.7 Å². The summed E-state index contributed by atoms with van der Waals surface area (Å²) in [7, 11) is 0. The van der Waals surface area contributed by atoms with Crippen LogP contribution in [0.5, 0.6) is 0 Å². The van der Waals surface area contributed by atoms with Crippen LogP contribution in [0.25, 0.3) is 11.6 Å². The first-order chi connectivity index (χ1) is 18.4. The lowest BCUT2D eigenvalue weighted by atomic mass is 9.97. The molecule has 38 heavy (non-hydrogen) atoms. The van der Waals surface area contributed by atoms with Crippen molar-refractivity contribution < 1.29 is 9.21 Å². The van der Waals surface area contributed by atoms with Gasteiger partial charge in [0.25, 0.3) is 11.8 Å². The van der Waals surface area contributed by atoms with Gasteiger partial charge in [0.15, 0.2) is 0 Å². The predicted octanol–water partition coefficient (Wildman–Crippen LogP) is 4.30. The molecule has 2 N–H and O–H groups in total. The molecule has 0 saturated carbocycles. The zero-order valence-corrected chi connectivity index (χ0v) is 23.4. The fourth-order valence-corrected chi connectivity index (χ4v) is 5.43. The molecule has 1 atom stereocenters. The number of piperidine rings is 1. The van der Waals surface area contributed by atoms with Gasteiger partial charge in [0, 0.05) is 55.4 Å². The third-order valence-corrected chi connectivity index (χ3v) is 7.44. The molecule has 0 aliphatic carbocycles. The maximum Gasteiger partial charge on any atom is 0.313 e. The molecular weight excluding hydrogens is 504 g/mol. The van der Waals surface area contributed by atoms with E-state index in [2.05, 4.69) is 36.9 Å². The van der Waals surface area contributed by atoms with Gasteiger partial charge in [-0.05, 0) is 50.5 Å². The number of nitrogens with two attached hydrogens (primary N) is 1. The van der Waals surface area contributed by atoms with Crippen molar-refractivity contribution in [2.75, 3.05) is 43.4 Å². The van der Waals surface area contributed by atoms with E-state index in [-0.39, 0.29) is 17.8 Å². The molecule has 0 spiro atoms. The summed E-state index contributed by atoms with van der Waals surface area (Å²) >= 11 is 5.97. The van der Waals surface area contributed by atoms with Crippen molar-refractivity contribution in [1.29, 1.82) is 0 Å². The Bertz CT molecular complexity index is 1210. The number of aryl methyl sites for hydroxylation is 1. The van der Waals surface area contributed by atoms with Gasteiger partial charge in [0.05, 0.1) is 11.9 Å². The van der Waals surface area contributed by atoms with Crippen LogP contribution in [0.4, 0.5) is 11.8 Å². The Morgan fingerprint density at radius 3 is 2.42 bits per heavy atom. The van der Waals surface area contributed by atoms with Crippen LogP contribution in [0.15, 0.2) is 34.9 Å². The second-order valence-corrected chi connectivity index (χ2v) is 9.82. The standard InChI is InChI=1S/C25H31ClN8O2.C2H6/c1-3-19-15-33(22-16(2)29-21(14-28-22)23-30-31-25(27)36-23)12-13-34(19)20-8-10-32(11-9-20)24(35)17-4-6-18(26)7-5-17;1-2/h4-7,14,19-20H,3,8-13,15H2,1-2H3,(H2,27,31);1-2H3. The lowest BCUT2D eigenvalue weighted by Crippen LogP contribution is -2.58. The number of benzene rings is 1. The number of piperazine rings is 1. The lowest BCUT2D eigenvalue weighted by molar-refractivity contribution is 0.0490. The minimum Gasteiger partial charge on any atom is -0.402 e. The molecule has 1 amide bonds. The molecule has 1 unspecified atom stereocenters. The highest BCUT2D eigenvalue weighted by Gasteiger charge is 2.35. The molecule has 2 saturated heterocycles. The van der Waals surface area contributed by atoms with Gasteiger partial charge in [-0.15, -0.1) is 5.10 Å². The number of nitrogen functional groups attached to an aromatic ring is 1. The topological polar surface area (TPSA) is 118 Å². The second-order valence-electron chi connectivity index (χ2n) is 9.39. The zero-order valence-electron chi connectivity index (χ0n) is 22.6. The molecule has 1 aromatic carbocycles. The molecule has 11 heteroatoms. The van der Waals surface area contributed by atoms with E-state index in [0.29, 0.717) is 28.4 Å². The van der Waals surface area contributed by atoms with E-state index in [1.165, 1.54) is 0 Å². The summed E-state index contributed by atoms with van der Waals surface area (Å²) in [6, 6.07) is 8.05. The van der Waals surface area contributed by atoms with Crippen molar-refractivity contribution in [3.05, 3.63) is 46.7 Å². The van der Waals surface area contributed by atoms with Gasteiger partial charge < -0.3 is 20.0 Å². The van der Waals surface area contributed by atoms with E-state index >= 15 is 0 Å². The van der Waals surface area contributed by atoms with Crippen molar-refractivity contribution in [2.24, 2.45) is 0 Å². The number of likely N-dealkylation sites (tertiary alicyclic amines) is 1. The molecule has 3 aromatic rings. The number of amides is 1. The third-order valence-electron chi connectivity index (χ3n) is 7.19. The number of hydrogen-bond donors (Lipinski definition) is 1. The third kappa shape index (κ3) is 6.07. The van der Waals surface area contributed by atoms with E-state index in [9.17, 15) is 4.79 Å². The molecule has 2 aliphatic heterocycles. The Labute approximate surface area is 229 Å². The lowest BCUT2D eigenvalue weighted by Gasteiger charge is -2.47. The van der Waals surface area contributed by atoms with Crippen LogP contribution in [0.3, 0.4) is 0 Å². The number of halogens is 1. The minimum atomic E-state index is 0.00983. The van der Waals surface area contributed by atoms with Gasteiger partial charge in [-0.3, -0.25) is 9.69 Å². The molecule has 0 radical (unpaired) electrons. The predicted molar refractivity (Wildman–Crippen MR) is 149 cm³/mol. The van der Waals surface area contributed by atoms with Crippen molar-refractivity contribution in [1.82, 2.24) is 30.0 Å². The number of rotatable bonds is 5. The number of carbonyl (C=O) groups is 1. The van der Waals surface area contributed by atoms with Crippen molar-refractivity contribution >= 4 is 29.3 Å². The summed E-state index contributed by atoms with van der Waals surface area (Å²) < 4.78 is 5.28. The van der Waals surface area contributed by atoms with Gasteiger partial charge in [0.1, 0.15) is 11.5 Å². The van der Waals surface area contributed by atoms with Gasteiger partial charge in [0.2, 0.25) is 0 Å². The normalized spacial score (nSPS) is 18.7. The number of anilines is 2. The monoisotopic (exact) mass is 540 g/mol. The van der Waals surface area contributed by atoms with Crippen molar-refractivity contribution in [3.8, 4) is 11.6 Å². The molecule has 204 valence electrons. The largest absolute Gasteiger partial charge is 0.402 e. The summed E-state index contributed by atoms with van der Waals surface area (Å²) in [4.78, 5) is 29.1. The van der Waals surface area contributed by atoms with Gasteiger partial charge in [-0.2, -0.15) is 0 Å². The van der Waals surface area contributed by atoms with Crippen LogP contribution < -0.4 is 10.6 Å². The second kappa shape index (κ2) is 12.5. The summed E-state index contributed by atoms with van der Waals surface area (Å²) in [5.74, 6) is 1.24. The average Bonchev–Trinajstić information content (AvgIpc) is 3.40. The molecule has 2 aromatic heterocycles. The Morgan fingerprint density at radius 2 is 1.82 bits per heavy atom. The molecule has 10 nitrogen and oxygen atoms in total. The summed E-state index contributed by atoms with van der Waals surface area (Å²) in [5.41, 5.74) is 7.57. The number of aromatic nitrogens is 4. The van der Waals surface area contributed by atoms with Crippen LogP contribution in [-0.4, -0.2) is 80.7 Å². The van der Waals surface area contributed by atoms with E-state index in [1.54, 1.807) is 30.5 Å². The first-order valence-corrected chi connectivity index (χ1v) is 13.8. The molecule has 2 aliphatic rings. The first kappa shape index (κ1) is 27.8. The van der Waals surface area contributed by atoms with E-state index in [0.717, 1.165) is 63.5 Å². The maximum atomic E-state index is 12.9. The van der Waals surface area contributed by atoms with Crippen LogP contribution in [0.1, 0.15) is 56.1 Å². The summed E-state index contributed by atoms with van der Waals surface area (Å²) in [6.45, 7) is 12.5. The molecule has 4 heterocycles. The first-order valence-electron chi connectivity index (χ1n) is 13.4. The van der Waals surface area contributed by atoms with Crippen LogP contribution in [-0.2, 0) is 0 Å². The summed E-state index contributed by atoms with van der Waals surface area (Å²) in [5, 5.41) is 8.23. The number of nitrogens with zero attached hydrogens (tertiary/aromatic N) is 7. The molecule has 2 fully saturated rings. The molecule has 0 bridgehead atoms. The minimum absolute atomic E-state index is 0.00983. The maximum absolute atomic E-state index is 12.9. The molecular formula is C27H37ClN8O2. The van der Waals surface area contributed by atoms with E-state index in [4.69, 9.17) is 21.8 Å². The number of carbonyl (C=O) groups excluding carboxylic acids is 1. The van der Waals surface area contributed by atoms with Gasteiger partial charge in [-0.1, -0.05) is 37.5 Å². The smallest absolute Gasteiger partial charge is 0.313 e. The zero-order chi connectivity index (χ0) is 27.2. The SMILES string of the molecule is CC.CCC1CN(c2ncc(-c3nnc(N)o3)nc2C)CCN1C1CCN(C(=O)c2ccc(Cl)cc2)CC1. The highest BCUT2D eigenvalue weighted by Crippen LogP contribution is 2.28. The highest BCUT2D eigenvalue weighted by atomic mass is 35.5. The van der Waals surface area contributed by atoms with Crippen molar-refractivity contribution in [2.45, 2.75) is 59.0 Å². The average molecular weight is 541 g/mol.